The normalized spacial score (nSPS) is 21.9. The maximum absolute atomic E-state index is 13.0. The average molecular weight is 366 g/mol. The van der Waals surface area contributed by atoms with E-state index in [4.69, 9.17) is 9.47 Å². The van der Waals surface area contributed by atoms with Crippen molar-refractivity contribution in [3.05, 3.63) is 53.6 Å². The highest BCUT2D eigenvalue weighted by Crippen LogP contribution is 2.34. The van der Waals surface area contributed by atoms with Crippen LogP contribution in [0.4, 0.5) is 5.69 Å². The molecule has 4 rings (SSSR count). The Morgan fingerprint density at radius 2 is 1.59 bits per heavy atom. The molecule has 0 radical (unpaired) electrons. The molecule has 1 saturated heterocycles. The van der Waals surface area contributed by atoms with Crippen molar-refractivity contribution in [3.8, 4) is 11.5 Å². The number of amides is 1. The van der Waals surface area contributed by atoms with E-state index in [1.165, 1.54) is 16.8 Å². The number of hydrogen-bond acceptors (Lipinski definition) is 4. The number of carbonyl (C=O) groups excluding carboxylic acids is 1. The molecule has 2 unspecified atom stereocenters. The number of piperazine rings is 1. The highest BCUT2D eigenvalue weighted by molar-refractivity contribution is 5.82. The van der Waals surface area contributed by atoms with E-state index >= 15 is 0 Å². The molecule has 142 valence electrons. The number of para-hydroxylation sites is 2. The van der Waals surface area contributed by atoms with E-state index in [1.54, 1.807) is 0 Å². The van der Waals surface area contributed by atoms with Crippen molar-refractivity contribution in [2.75, 3.05) is 31.1 Å². The largest absolute Gasteiger partial charge is 0.482 e. The Labute approximate surface area is 160 Å². The van der Waals surface area contributed by atoms with Crippen LogP contribution in [0, 0.1) is 13.8 Å². The molecule has 2 atom stereocenters. The lowest BCUT2D eigenvalue weighted by molar-refractivity contribution is -0.144. The monoisotopic (exact) mass is 366 g/mol. The molecule has 2 aliphatic rings. The van der Waals surface area contributed by atoms with Gasteiger partial charge in [0, 0.05) is 31.9 Å². The van der Waals surface area contributed by atoms with Crippen molar-refractivity contribution < 1.29 is 14.3 Å². The second kappa shape index (κ2) is 7.14. The quantitative estimate of drug-likeness (QED) is 0.819. The number of benzene rings is 2. The zero-order valence-corrected chi connectivity index (χ0v) is 16.1. The van der Waals surface area contributed by atoms with Crippen molar-refractivity contribution in [2.24, 2.45) is 0 Å². The Bertz CT molecular complexity index is 843. The molecule has 2 aromatic rings. The maximum atomic E-state index is 13.0. The van der Waals surface area contributed by atoms with E-state index < -0.39 is 6.10 Å². The van der Waals surface area contributed by atoms with Gasteiger partial charge >= 0.3 is 0 Å². The second-order valence-corrected chi connectivity index (χ2v) is 7.34. The lowest BCUT2D eigenvalue weighted by Gasteiger charge is -2.40. The molecule has 1 fully saturated rings. The predicted octanol–water partition coefficient (Wildman–Crippen LogP) is 3.18. The topological polar surface area (TPSA) is 42.0 Å². The molecular weight excluding hydrogens is 340 g/mol. The summed E-state index contributed by atoms with van der Waals surface area (Å²) in [6.07, 6.45) is -0.892. The maximum Gasteiger partial charge on any atom is 0.267 e. The van der Waals surface area contributed by atoms with Crippen LogP contribution in [0.3, 0.4) is 0 Å². The van der Waals surface area contributed by atoms with E-state index in [9.17, 15) is 4.79 Å². The van der Waals surface area contributed by atoms with Gasteiger partial charge in [0.25, 0.3) is 5.91 Å². The molecule has 0 spiro atoms. The van der Waals surface area contributed by atoms with E-state index in [0.29, 0.717) is 24.6 Å². The lowest BCUT2D eigenvalue weighted by Crippen LogP contribution is -2.56. The van der Waals surface area contributed by atoms with Crippen LogP contribution in [0.2, 0.25) is 0 Å². The summed E-state index contributed by atoms with van der Waals surface area (Å²) in [7, 11) is 0. The van der Waals surface area contributed by atoms with Gasteiger partial charge in [0.1, 0.15) is 6.10 Å². The number of hydrogen-bond donors (Lipinski definition) is 0. The molecule has 0 saturated carbocycles. The van der Waals surface area contributed by atoms with Gasteiger partial charge in [-0.1, -0.05) is 24.3 Å². The first-order chi connectivity index (χ1) is 13.0. The Hall–Kier alpha value is -2.69. The average Bonchev–Trinajstić information content (AvgIpc) is 2.69. The van der Waals surface area contributed by atoms with Gasteiger partial charge in [-0.25, -0.2) is 0 Å². The predicted molar refractivity (Wildman–Crippen MR) is 106 cm³/mol. The van der Waals surface area contributed by atoms with Crippen molar-refractivity contribution in [3.63, 3.8) is 0 Å². The molecule has 5 heteroatoms. The van der Waals surface area contributed by atoms with E-state index in [-0.39, 0.29) is 12.0 Å². The van der Waals surface area contributed by atoms with Crippen molar-refractivity contribution in [1.29, 1.82) is 0 Å². The van der Waals surface area contributed by atoms with Crippen LogP contribution in [0.15, 0.2) is 42.5 Å². The summed E-state index contributed by atoms with van der Waals surface area (Å²) in [6, 6.07) is 13.9. The summed E-state index contributed by atoms with van der Waals surface area (Å²) in [5.74, 6) is 1.36. The molecular formula is C22H26N2O3. The zero-order chi connectivity index (χ0) is 19.0. The summed E-state index contributed by atoms with van der Waals surface area (Å²) < 4.78 is 11.9. The molecule has 0 aliphatic carbocycles. The van der Waals surface area contributed by atoms with Crippen molar-refractivity contribution in [2.45, 2.75) is 33.0 Å². The van der Waals surface area contributed by atoms with Gasteiger partial charge in [0.05, 0.1) is 0 Å². The third-order valence-corrected chi connectivity index (χ3v) is 5.59. The van der Waals surface area contributed by atoms with Gasteiger partial charge < -0.3 is 19.3 Å². The fourth-order valence-electron chi connectivity index (χ4n) is 3.82. The van der Waals surface area contributed by atoms with Crippen molar-refractivity contribution >= 4 is 11.6 Å². The standard InChI is InChI=1S/C22H26N2O3/c1-15-7-6-8-18(16(15)2)23-11-13-24(14-12-23)22(25)21-17(3)26-19-9-4-5-10-20(19)27-21/h4-10,17,21H,11-14H2,1-3H3. The Morgan fingerprint density at radius 3 is 2.30 bits per heavy atom. The lowest BCUT2D eigenvalue weighted by atomic mass is 10.1. The minimum atomic E-state index is -0.591. The van der Waals surface area contributed by atoms with Gasteiger partial charge in [0.2, 0.25) is 6.10 Å². The summed E-state index contributed by atoms with van der Waals surface area (Å²) in [6.45, 7) is 9.24. The molecule has 27 heavy (non-hydrogen) atoms. The van der Waals surface area contributed by atoms with E-state index in [1.807, 2.05) is 36.1 Å². The SMILES string of the molecule is Cc1cccc(N2CCN(C(=O)C3Oc4ccccc4OC3C)CC2)c1C. The number of aryl methyl sites for hydroxylation is 1. The molecule has 5 nitrogen and oxygen atoms in total. The second-order valence-electron chi connectivity index (χ2n) is 7.34. The van der Waals surface area contributed by atoms with Gasteiger partial charge in [0.15, 0.2) is 11.5 Å². The molecule has 2 aromatic carbocycles. The molecule has 0 N–H and O–H groups in total. The molecule has 2 aliphatic heterocycles. The van der Waals surface area contributed by atoms with Crippen molar-refractivity contribution in [1.82, 2.24) is 4.90 Å². The summed E-state index contributed by atoms with van der Waals surface area (Å²) in [4.78, 5) is 17.3. The Balaban J connectivity index is 1.42. The number of rotatable bonds is 2. The highest BCUT2D eigenvalue weighted by Gasteiger charge is 2.37. The minimum Gasteiger partial charge on any atom is -0.482 e. The number of fused-ring (bicyclic) bond motifs is 1. The highest BCUT2D eigenvalue weighted by atomic mass is 16.6. The Kier molecular flexibility index (Phi) is 4.68. The van der Waals surface area contributed by atoms with Gasteiger partial charge in [-0.05, 0) is 50.1 Å². The van der Waals surface area contributed by atoms with Crippen LogP contribution < -0.4 is 14.4 Å². The van der Waals surface area contributed by atoms with Gasteiger partial charge in [-0.15, -0.1) is 0 Å². The molecule has 0 bridgehead atoms. The van der Waals surface area contributed by atoms with Crippen LogP contribution in [-0.2, 0) is 4.79 Å². The van der Waals surface area contributed by atoms with E-state index in [0.717, 1.165) is 13.1 Å². The summed E-state index contributed by atoms with van der Waals surface area (Å²) in [5.41, 5.74) is 3.87. The third kappa shape index (κ3) is 3.34. The van der Waals surface area contributed by atoms with Gasteiger partial charge in [-0.3, -0.25) is 4.79 Å². The summed E-state index contributed by atoms with van der Waals surface area (Å²) >= 11 is 0. The first kappa shape index (κ1) is 17.7. The molecule has 2 heterocycles. The first-order valence-corrected chi connectivity index (χ1v) is 9.57. The van der Waals surface area contributed by atoms with Gasteiger partial charge in [-0.2, -0.15) is 0 Å². The number of carbonyl (C=O) groups is 1. The molecule has 1 amide bonds. The van der Waals surface area contributed by atoms with Crippen LogP contribution in [0.25, 0.3) is 0 Å². The minimum absolute atomic E-state index is 0.0117. The smallest absolute Gasteiger partial charge is 0.267 e. The fraction of sp³-hybridized carbons (Fsp3) is 0.409. The van der Waals surface area contributed by atoms with Crippen LogP contribution in [-0.4, -0.2) is 49.2 Å². The first-order valence-electron chi connectivity index (χ1n) is 9.57. The van der Waals surface area contributed by atoms with Crippen LogP contribution in [0.1, 0.15) is 18.1 Å². The third-order valence-electron chi connectivity index (χ3n) is 5.59. The molecule has 0 aromatic heterocycles. The zero-order valence-electron chi connectivity index (χ0n) is 16.1. The summed E-state index contributed by atoms with van der Waals surface area (Å²) in [5, 5.41) is 0. The Morgan fingerprint density at radius 1 is 0.926 bits per heavy atom. The number of nitrogens with zero attached hydrogens (tertiary/aromatic N) is 2. The van der Waals surface area contributed by atoms with Crippen LogP contribution in [0.5, 0.6) is 11.5 Å². The number of anilines is 1. The fourth-order valence-corrected chi connectivity index (χ4v) is 3.82. The van der Waals surface area contributed by atoms with E-state index in [2.05, 4.69) is 36.9 Å². The van der Waals surface area contributed by atoms with Crippen LogP contribution >= 0.6 is 0 Å². The number of ether oxygens (including phenoxy) is 2.